The predicted octanol–water partition coefficient (Wildman–Crippen LogP) is 5.90. The maximum absolute atomic E-state index is 12.8. The van der Waals surface area contributed by atoms with Crippen molar-refractivity contribution < 1.29 is 9.53 Å². The fraction of sp³-hybridized carbons (Fsp3) is 0.435. The second kappa shape index (κ2) is 8.88. The summed E-state index contributed by atoms with van der Waals surface area (Å²) < 4.78 is 5.88. The van der Waals surface area contributed by atoms with Crippen molar-refractivity contribution in [1.82, 2.24) is 0 Å². The maximum Gasteiger partial charge on any atom is 0.265 e. The van der Waals surface area contributed by atoms with E-state index in [0.717, 1.165) is 29.0 Å². The van der Waals surface area contributed by atoms with Gasteiger partial charge in [0.2, 0.25) is 0 Å². The molecule has 0 aliphatic carbocycles. The van der Waals surface area contributed by atoms with Gasteiger partial charge in [-0.3, -0.25) is 4.79 Å². The summed E-state index contributed by atoms with van der Waals surface area (Å²) in [5, 5.41) is 3.13. The standard InChI is InChI=1S/C23H31NO2/c1-7-18-10-8-11-19(14-18)26-17(6)23(25)24-22-20(15(2)3)12-9-13-21(22)16(4)5/h8-17H,7H2,1-6H3,(H,24,25). The van der Waals surface area contributed by atoms with Gasteiger partial charge in [0.15, 0.2) is 6.10 Å². The molecule has 1 amide bonds. The highest BCUT2D eigenvalue weighted by atomic mass is 16.5. The third kappa shape index (κ3) is 4.87. The highest BCUT2D eigenvalue weighted by Gasteiger charge is 2.20. The zero-order valence-corrected chi connectivity index (χ0v) is 16.8. The van der Waals surface area contributed by atoms with E-state index in [1.165, 1.54) is 5.56 Å². The van der Waals surface area contributed by atoms with Gasteiger partial charge in [0.1, 0.15) is 5.75 Å². The molecule has 0 fully saturated rings. The first-order chi connectivity index (χ1) is 12.3. The number of para-hydroxylation sites is 1. The van der Waals surface area contributed by atoms with E-state index in [2.05, 4.69) is 64.2 Å². The van der Waals surface area contributed by atoms with Gasteiger partial charge >= 0.3 is 0 Å². The number of ether oxygens (including phenoxy) is 1. The molecule has 0 aliphatic heterocycles. The number of carbonyl (C=O) groups is 1. The first kappa shape index (κ1) is 20.0. The number of aryl methyl sites for hydroxylation is 1. The molecule has 2 aromatic rings. The molecule has 2 aromatic carbocycles. The summed E-state index contributed by atoms with van der Waals surface area (Å²) in [7, 11) is 0. The Morgan fingerprint density at radius 1 is 0.962 bits per heavy atom. The Hall–Kier alpha value is -2.29. The Kier molecular flexibility index (Phi) is 6.84. The SMILES string of the molecule is CCc1cccc(OC(C)C(=O)Nc2c(C(C)C)cccc2C(C)C)c1. The van der Waals surface area contributed by atoms with Crippen LogP contribution >= 0.6 is 0 Å². The van der Waals surface area contributed by atoms with Gasteiger partial charge in [0.25, 0.3) is 5.91 Å². The zero-order chi connectivity index (χ0) is 19.3. The Labute approximate surface area is 157 Å². The minimum absolute atomic E-state index is 0.123. The van der Waals surface area contributed by atoms with Gasteiger partial charge in [0, 0.05) is 5.69 Å². The van der Waals surface area contributed by atoms with Crippen LogP contribution in [0.2, 0.25) is 0 Å². The van der Waals surface area contributed by atoms with Gasteiger partial charge in [-0.2, -0.15) is 0 Å². The molecule has 0 saturated carbocycles. The van der Waals surface area contributed by atoms with Crippen molar-refractivity contribution in [2.75, 3.05) is 5.32 Å². The van der Waals surface area contributed by atoms with Crippen LogP contribution in [0.1, 0.15) is 70.1 Å². The second-order valence-electron chi connectivity index (χ2n) is 7.37. The Bertz CT molecular complexity index is 723. The van der Waals surface area contributed by atoms with Crippen LogP contribution in [-0.2, 0) is 11.2 Å². The van der Waals surface area contributed by atoms with Gasteiger partial charge in [-0.25, -0.2) is 0 Å². The molecule has 1 atom stereocenters. The smallest absolute Gasteiger partial charge is 0.265 e. The van der Waals surface area contributed by atoms with Crippen molar-refractivity contribution in [2.24, 2.45) is 0 Å². The quantitative estimate of drug-likeness (QED) is 0.673. The van der Waals surface area contributed by atoms with Crippen LogP contribution < -0.4 is 10.1 Å². The molecule has 140 valence electrons. The first-order valence-corrected chi connectivity index (χ1v) is 9.52. The Morgan fingerprint density at radius 3 is 2.08 bits per heavy atom. The largest absolute Gasteiger partial charge is 0.481 e. The number of hydrogen-bond donors (Lipinski definition) is 1. The lowest BCUT2D eigenvalue weighted by atomic mass is 9.92. The van der Waals surface area contributed by atoms with Crippen LogP contribution in [0.15, 0.2) is 42.5 Å². The summed E-state index contributed by atoms with van der Waals surface area (Å²) in [6.07, 6.45) is 0.374. The van der Waals surface area contributed by atoms with Crippen molar-refractivity contribution in [1.29, 1.82) is 0 Å². The average Bonchev–Trinajstić information content (AvgIpc) is 2.61. The average molecular weight is 354 g/mol. The third-order valence-electron chi connectivity index (χ3n) is 4.61. The summed E-state index contributed by atoms with van der Waals surface area (Å²) in [4.78, 5) is 12.8. The molecule has 0 bridgehead atoms. The fourth-order valence-corrected chi connectivity index (χ4v) is 3.02. The molecule has 0 spiro atoms. The van der Waals surface area contributed by atoms with Crippen molar-refractivity contribution in [3.05, 3.63) is 59.2 Å². The van der Waals surface area contributed by atoms with Crippen LogP contribution in [0.25, 0.3) is 0 Å². The molecule has 0 saturated heterocycles. The molecule has 3 nitrogen and oxygen atoms in total. The van der Waals surface area contributed by atoms with Gasteiger partial charge in [-0.05, 0) is 54.0 Å². The van der Waals surface area contributed by atoms with Gasteiger partial charge < -0.3 is 10.1 Å². The zero-order valence-electron chi connectivity index (χ0n) is 16.8. The molecule has 1 N–H and O–H groups in total. The maximum atomic E-state index is 12.8. The highest BCUT2D eigenvalue weighted by molar-refractivity contribution is 5.95. The van der Waals surface area contributed by atoms with Crippen LogP contribution in [0.3, 0.4) is 0 Å². The number of amides is 1. The molecule has 2 rings (SSSR count). The fourth-order valence-electron chi connectivity index (χ4n) is 3.02. The van der Waals surface area contributed by atoms with E-state index in [-0.39, 0.29) is 5.91 Å². The molecular formula is C23H31NO2. The van der Waals surface area contributed by atoms with E-state index in [0.29, 0.717) is 11.8 Å². The van der Waals surface area contributed by atoms with Crippen LogP contribution in [-0.4, -0.2) is 12.0 Å². The number of benzene rings is 2. The number of hydrogen-bond acceptors (Lipinski definition) is 2. The van der Waals surface area contributed by atoms with Gasteiger partial charge in [-0.1, -0.05) is 65.0 Å². The van der Waals surface area contributed by atoms with Crippen LogP contribution in [0.4, 0.5) is 5.69 Å². The summed E-state index contributed by atoms with van der Waals surface area (Å²) in [6, 6.07) is 14.1. The lowest BCUT2D eigenvalue weighted by molar-refractivity contribution is -0.122. The highest BCUT2D eigenvalue weighted by Crippen LogP contribution is 2.32. The lowest BCUT2D eigenvalue weighted by Crippen LogP contribution is -2.31. The first-order valence-electron chi connectivity index (χ1n) is 9.52. The summed E-state index contributed by atoms with van der Waals surface area (Å²) in [6.45, 7) is 12.5. The molecule has 0 radical (unpaired) electrons. The lowest BCUT2D eigenvalue weighted by Gasteiger charge is -2.22. The molecule has 1 unspecified atom stereocenters. The van der Waals surface area contributed by atoms with E-state index in [1.807, 2.05) is 18.2 Å². The Balaban J connectivity index is 2.20. The topological polar surface area (TPSA) is 38.3 Å². The van der Waals surface area contributed by atoms with Crippen molar-refractivity contribution >= 4 is 11.6 Å². The van der Waals surface area contributed by atoms with E-state index in [1.54, 1.807) is 6.92 Å². The normalized spacial score (nSPS) is 12.3. The van der Waals surface area contributed by atoms with Crippen molar-refractivity contribution in [2.45, 2.75) is 65.9 Å². The number of rotatable bonds is 7. The summed E-state index contributed by atoms with van der Waals surface area (Å²) in [5.74, 6) is 1.28. The van der Waals surface area contributed by atoms with Crippen LogP contribution in [0, 0.1) is 0 Å². The van der Waals surface area contributed by atoms with Crippen LogP contribution in [0.5, 0.6) is 5.75 Å². The molecule has 0 aromatic heterocycles. The van der Waals surface area contributed by atoms with E-state index < -0.39 is 6.10 Å². The van der Waals surface area contributed by atoms with Crippen molar-refractivity contribution in [3.8, 4) is 5.75 Å². The number of anilines is 1. The summed E-state index contributed by atoms with van der Waals surface area (Å²) >= 11 is 0. The third-order valence-corrected chi connectivity index (χ3v) is 4.61. The Morgan fingerprint density at radius 2 is 1.54 bits per heavy atom. The monoisotopic (exact) mass is 353 g/mol. The predicted molar refractivity (Wildman–Crippen MR) is 109 cm³/mol. The molecule has 0 heterocycles. The van der Waals surface area contributed by atoms with E-state index >= 15 is 0 Å². The molecule has 0 aliphatic rings. The molecule has 3 heteroatoms. The second-order valence-corrected chi connectivity index (χ2v) is 7.37. The molecule has 26 heavy (non-hydrogen) atoms. The number of nitrogens with one attached hydrogen (secondary N) is 1. The minimum Gasteiger partial charge on any atom is -0.481 e. The van der Waals surface area contributed by atoms with Gasteiger partial charge in [-0.15, -0.1) is 0 Å². The summed E-state index contributed by atoms with van der Waals surface area (Å²) in [5.41, 5.74) is 4.44. The van der Waals surface area contributed by atoms with Gasteiger partial charge in [0.05, 0.1) is 0 Å². The minimum atomic E-state index is -0.567. The molecular weight excluding hydrogens is 322 g/mol. The van der Waals surface area contributed by atoms with E-state index in [4.69, 9.17) is 4.74 Å². The van der Waals surface area contributed by atoms with Crippen molar-refractivity contribution in [3.63, 3.8) is 0 Å². The number of carbonyl (C=O) groups excluding carboxylic acids is 1. The van der Waals surface area contributed by atoms with E-state index in [9.17, 15) is 4.79 Å².